The lowest BCUT2D eigenvalue weighted by molar-refractivity contribution is -0.159. The number of hydrogen-bond donors (Lipinski definition) is 1. The molecule has 2 heteroatoms. The minimum absolute atomic E-state index is 0.232. The molecule has 21 heavy (non-hydrogen) atoms. The highest BCUT2D eigenvalue weighted by Gasteiger charge is 2.55. The molecule has 1 N–H and O–H groups in total. The zero-order valence-corrected chi connectivity index (χ0v) is 12.6. The molecule has 112 valence electrons. The van der Waals surface area contributed by atoms with Gasteiger partial charge in [-0.15, -0.1) is 6.58 Å². The molecule has 2 nitrogen and oxygen atoms in total. The van der Waals surface area contributed by atoms with Crippen LogP contribution in [-0.4, -0.2) is 11.1 Å². The molecule has 0 heterocycles. The molecule has 0 aromatic heterocycles. The van der Waals surface area contributed by atoms with Gasteiger partial charge in [0.1, 0.15) is 0 Å². The van der Waals surface area contributed by atoms with Crippen LogP contribution in [0, 0.1) is 10.8 Å². The molecule has 0 bridgehead atoms. The fraction of sp³-hybridized carbons (Fsp3) is 0.526. The van der Waals surface area contributed by atoms with Crippen LogP contribution in [0.3, 0.4) is 0 Å². The third-order valence-electron chi connectivity index (χ3n) is 5.93. The van der Waals surface area contributed by atoms with Crippen molar-refractivity contribution < 1.29 is 9.90 Å². The number of aryl methyl sites for hydroxylation is 1. The Kier molecular flexibility index (Phi) is 3.64. The van der Waals surface area contributed by atoms with Crippen LogP contribution in [0.15, 0.2) is 36.9 Å². The van der Waals surface area contributed by atoms with Crippen molar-refractivity contribution in [3.8, 4) is 0 Å². The molecule has 2 aliphatic rings. The predicted octanol–water partition coefficient (Wildman–Crippen LogP) is 4.38. The zero-order chi connectivity index (χ0) is 14.9. The van der Waals surface area contributed by atoms with E-state index >= 15 is 0 Å². The first kappa shape index (κ1) is 14.4. The molecule has 0 radical (unpaired) electrons. The standard InChI is InChI=1S/C19H24O2/c1-2-18(11-6-3-7-12-18)19(17(20)21)13-10-15-8-4-5-9-16(15)14-19/h2,4-5,8-9H,1,3,6-7,10-14H2,(H,20,21). The summed E-state index contributed by atoms with van der Waals surface area (Å²) < 4.78 is 0. The summed E-state index contributed by atoms with van der Waals surface area (Å²) in [4.78, 5) is 12.3. The van der Waals surface area contributed by atoms with Crippen LogP contribution in [0.25, 0.3) is 0 Å². The Labute approximate surface area is 126 Å². The van der Waals surface area contributed by atoms with Crippen molar-refractivity contribution in [2.45, 2.75) is 51.4 Å². The topological polar surface area (TPSA) is 37.3 Å². The number of carboxylic acids is 1. The summed E-state index contributed by atoms with van der Waals surface area (Å²) in [7, 11) is 0. The first-order valence-electron chi connectivity index (χ1n) is 8.07. The first-order valence-corrected chi connectivity index (χ1v) is 8.07. The van der Waals surface area contributed by atoms with Crippen molar-refractivity contribution in [1.82, 2.24) is 0 Å². The Balaban J connectivity index is 2.05. The lowest BCUT2D eigenvalue weighted by atomic mass is 9.51. The molecule has 1 atom stereocenters. The highest BCUT2D eigenvalue weighted by Crippen LogP contribution is 2.56. The maximum absolute atomic E-state index is 12.3. The average molecular weight is 284 g/mol. The number of hydrogen-bond acceptors (Lipinski definition) is 1. The van der Waals surface area contributed by atoms with Crippen molar-refractivity contribution in [2.24, 2.45) is 10.8 Å². The fourth-order valence-electron chi connectivity index (χ4n) is 4.62. The first-order chi connectivity index (χ1) is 10.1. The molecule has 1 aromatic rings. The summed E-state index contributed by atoms with van der Waals surface area (Å²) in [5.74, 6) is -0.626. The number of fused-ring (bicyclic) bond motifs is 1. The number of rotatable bonds is 3. The van der Waals surface area contributed by atoms with Gasteiger partial charge in [-0.1, -0.05) is 49.6 Å². The minimum atomic E-state index is -0.663. The van der Waals surface area contributed by atoms with E-state index in [1.807, 2.05) is 12.1 Å². The van der Waals surface area contributed by atoms with Crippen molar-refractivity contribution in [1.29, 1.82) is 0 Å². The fourth-order valence-corrected chi connectivity index (χ4v) is 4.62. The average Bonchev–Trinajstić information content (AvgIpc) is 2.54. The molecule has 2 aliphatic carbocycles. The van der Waals surface area contributed by atoms with Crippen molar-refractivity contribution >= 4 is 5.97 Å². The van der Waals surface area contributed by atoms with Crippen LogP contribution in [0.4, 0.5) is 0 Å². The largest absolute Gasteiger partial charge is 0.481 e. The van der Waals surface area contributed by atoms with Gasteiger partial charge in [0, 0.05) is 5.41 Å². The van der Waals surface area contributed by atoms with Crippen LogP contribution in [-0.2, 0) is 17.6 Å². The van der Waals surface area contributed by atoms with E-state index in [2.05, 4.69) is 24.8 Å². The van der Waals surface area contributed by atoms with Gasteiger partial charge in [0.05, 0.1) is 5.41 Å². The summed E-state index contributed by atoms with van der Waals surface area (Å²) in [5.41, 5.74) is 1.65. The second-order valence-corrected chi connectivity index (χ2v) is 6.75. The van der Waals surface area contributed by atoms with Crippen molar-refractivity contribution in [3.63, 3.8) is 0 Å². The van der Waals surface area contributed by atoms with E-state index in [1.165, 1.54) is 17.5 Å². The normalized spacial score (nSPS) is 27.6. The lowest BCUT2D eigenvalue weighted by Crippen LogP contribution is -2.51. The maximum Gasteiger partial charge on any atom is 0.310 e. The Hall–Kier alpha value is -1.57. The van der Waals surface area contributed by atoms with Gasteiger partial charge >= 0.3 is 5.97 Å². The molecule has 0 amide bonds. The molecular weight excluding hydrogens is 260 g/mol. The van der Waals surface area contributed by atoms with Gasteiger partial charge in [-0.05, 0) is 43.2 Å². The Bertz CT molecular complexity index is 554. The number of allylic oxidation sites excluding steroid dienone is 1. The number of carbonyl (C=O) groups is 1. The van der Waals surface area contributed by atoms with Gasteiger partial charge in [0.2, 0.25) is 0 Å². The molecule has 0 spiro atoms. The monoisotopic (exact) mass is 284 g/mol. The molecule has 3 rings (SSSR count). The quantitative estimate of drug-likeness (QED) is 0.836. The number of aliphatic carboxylic acids is 1. The summed E-state index contributed by atoms with van der Waals surface area (Å²) >= 11 is 0. The molecule has 1 unspecified atom stereocenters. The van der Waals surface area contributed by atoms with Crippen LogP contribution in [0.1, 0.15) is 49.7 Å². The summed E-state index contributed by atoms with van der Waals surface area (Å²) in [6.45, 7) is 4.05. The van der Waals surface area contributed by atoms with Crippen LogP contribution in [0.5, 0.6) is 0 Å². The number of benzene rings is 1. The molecule has 1 aromatic carbocycles. The molecular formula is C19H24O2. The van der Waals surface area contributed by atoms with Crippen molar-refractivity contribution in [2.75, 3.05) is 0 Å². The number of carboxylic acid groups (broad SMARTS) is 1. The molecule has 0 saturated heterocycles. The third-order valence-corrected chi connectivity index (χ3v) is 5.93. The summed E-state index contributed by atoms with van der Waals surface area (Å²) in [6, 6.07) is 8.32. The van der Waals surface area contributed by atoms with E-state index in [-0.39, 0.29) is 5.41 Å². The minimum Gasteiger partial charge on any atom is -0.481 e. The van der Waals surface area contributed by atoms with Gasteiger partial charge in [-0.25, -0.2) is 0 Å². The van der Waals surface area contributed by atoms with E-state index in [1.54, 1.807) is 0 Å². The van der Waals surface area contributed by atoms with Gasteiger partial charge in [-0.2, -0.15) is 0 Å². The molecule has 1 saturated carbocycles. The maximum atomic E-state index is 12.3. The summed E-state index contributed by atoms with van der Waals surface area (Å²) in [5, 5.41) is 10.1. The smallest absolute Gasteiger partial charge is 0.310 e. The van der Waals surface area contributed by atoms with E-state index in [4.69, 9.17) is 0 Å². The zero-order valence-electron chi connectivity index (χ0n) is 12.6. The predicted molar refractivity (Wildman–Crippen MR) is 84.3 cm³/mol. The van der Waals surface area contributed by atoms with Gasteiger partial charge in [0.25, 0.3) is 0 Å². The van der Waals surface area contributed by atoms with Crippen LogP contribution >= 0.6 is 0 Å². The SMILES string of the molecule is C=CC1(C2(C(=O)O)CCc3ccccc3C2)CCCCC1. The van der Waals surface area contributed by atoms with Gasteiger partial charge < -0.3 is 5.11 Å². The summed E-state index contributed by atoms with van der Waals surface area (Å²) in [6.07, 6.45) is 9.69. The highest BCUT2D eigenvalue weighted by atomic mass is 16.4. The Morgan fingerprint density at radius 1 is 1.10 bits per heavy atom. The Morgan fingerprint density at radius 3 is 2.38 bits per heavy atom. The second-order valence-electron chi connectivity index (χ2n) is 6.75. The molecule has 1 fully saturated rings. The van der Waals surface area contributed by atoms with Crippen molar-refractivity contribution in [3.05, 3.63) is 48.0 Å². The van der Waals surface area contributed by atoms with Gasteiger partial charge in [-0.3, -0.25) is 4.79 Å². The molecule has 0 aliphatic heterocycles. The van der Waals surface area contributed by atoms with E-state index < -0.39 is 11.4 Å². The lowest BCUT2D eigenvalue weighted by Gasteiger charge is -2.50. The van der Waals surface area contributed by atoms with Crippen LogP contribution < -0.4 is 0 Å². The highest BCUT2D eigenvalue weighted by molar-refractivity contribution is 5.77. The van der Waals surface area contributed by atoms with Crippen LogP contribution in [0.2, 0.25) is 0 Å². The second kappa shape index (κ2) is 5.32. The van der Waals surface area contributed by atoms with Gasteiger partial charge in [0.15, 0.2) is 0 Å². The van der Waals surface area contributed by atoms with E-state index in [0.29, 0.717) is 6.42 Å². The van der Waals surface area contributed by atoms with E-state index in [0.717, 1.165) is 38.5 Å². The Morgan fingerprint density at radius 2 is 1.76 bits per heavy atom. The van der Waals surface area contributed by atoms with E-state index in [9.17, 15) is 9.90 Å². The third kappa shape index (κ3) is 2.12.